The quantitative estimate of drug-likeness (QED) is 0.709. The SMILES string of the molecule is CCc1cnc(OC2CCCN(C(=O)c3cnc4ccccc4n3)C2)nc1. The molecular formula is C20H21N5O2. The van der Waals surface area contributed by atoms with Crippen molar-refractivity contribution in [2.45, 2.75) is 32.3 Å². The Morgan fingerprint density at radius 2 is 1.93 bits per heavy atom. The number of benzene rings is 1. The molecule has 1 atom stereocenters. The van der Waals surface area contributed by atoms with E-state index in [1.165, 1.54) is 0 Å². The van der Waals surface area contributed by atoms with Gasteiger partial charge in [0, 0.05) is 18.9 Å². The third-order valence-electron chi connectivity index (χ3n) is 4.69. The maximum Gasteiger partial charge on any atom is 0.316 e. The van der Waals surface area contributed by atoms with Gasteiger partial charge >= 0.3 is 6.01 Å². The molecule has 7 heteroatoms. The van der Waals surface area contributed by atoms with Crippen molar-refractivity contribution in [1.29, 1.82) is 0 Å². The molecule has 0 bridgehead atoms. The zero-order valence-corrected chi connectivity index (χ0v) is 15.2. The number of aromatic nitrogens is 4. The van der Waals surface area contributed by atoms with Crippen LogP contribution in [0, 0.1) is 0 Å². The number of hydrogen-bond acceptors (Lipinski definition) is 6. The Balaban J connectivity index is 1.45. The largest absolute Gasteiger partial charge is 0.458 e. The summed E-state index contributed by atoms with van der Waals surface area (Å²) in [5, 5.41) is 0. The van der Waals surface area contributed by atoms with Crippen LogP contribution in [-0.2, 0) is 6.42 Å². The molecule has 3 heterocycles. The predicted octanol–water partition coefficient (Wildman–Crippen LogP) is 2.67. The van der Waals surface area contributed by atoms with Gasteiger partial charge < -0.3 is 9.64 Å². The zero-order valence-electron chi connectivity index (χ0n) is 15.2. The lowest BCUT2D eigenvalue weighted by Gasteiger charge is -2.32. The van der Waals surface area contributed by atoms with Gasteiger partial charge in [-0.25, -0.2) is 15.0 Å². The Hall–Kier alpha value is -3.09. The molecule has 1 saturated heterocycles. The van der Waals surface area contributed by atoms with Crippen molar-refractivity contribution in [2.75, 3.05) is 13.1 Å². The Kier molecular flexibility index (Phi) is 4.91. The Morgan fingerprint density at radius 1 is 1.15 bits per heavy atom. The fraction of sp³-hybridized carbons (Fsp3) is 0.350. The summed E-state index contributed by atoms with van der Waals surface area (Å²) in [4.78, 5) is 31.9. The number of para-hydroxylation sites is 2. The lowest BCUT2D eigenvalue weighted by molar-refractivity contribution is 0.0510. The van der Waals surface area contributed by atoms with E-state index in [0.717, 1.165) is 35.9 Å². The summed E-state index contributed by atoms with van der Waals surface area (Å²) in [6, 6.07) is 7.89. The van der Waals surface area contributed by atoms with E-state index in [9.17, 15) is 4.79 Å². The monoisotopic (exact) mass is 363 g/mol. The van der Waals surface area contributed by atoms with Crippen molar-refractivity contribution < 1.29 is 9.53 Å². The fourth-order valence-corrected chi connectivity index (χ4v) is 3.18. The van der Waals surface area contributed by atoms with Crippen LogP contribution in [0.25, 0.3) is 11.0 Å². The van der Waals surface area contributed by atoms with Gasteiger partial charge in [-0.2, -0.15) is 0 Å². The van der Waals surface area contributed by atoms with Gasteiger partial charge in [0.25, 0.3) is 5.91 Å². The van der Waals surface area contributed by atoms with Crippen molar-refractivity contribution in [1.82, 2.24) is 24.8 Å². The minimum Gasteiger partial charge on any atom is -0.458 e. The van der Waals surface area contributed by atoms with Crippen LogP contribution in [0.3, 0.4) is 0 Å². The zero-order chi connectivity index (χ0) is 18.6. The number of ether oxygens (including phenoxy) is 1. The number of nitrogens with zero attached hydrogens (tertiary/aromatic N) is 5. The first-order chi connectivity index (χ1) is 13.2. The highest BCUT2D eigenvalue weighted by molar-refractivity contribution is 5.93. The first kappa shape index (κ1) is 17.3. The van der Waals surface area contributed by atoms with E-state index < -0.39 is 0 Å². The number of carbonyl (C=O) groups excluding carboxylic acids is 1. The molecular weight excluding hydrogens is 342 g/mol. The summed E-state index contributed by atoms with van der Waals surface area (Å²) >= 11 is 0. The van der Waals surface area contributed by atoms with Crippen LogP contribution < -0.4 is 4.74 Å². The molecule has 1 unspecified atom stereocenters. The molecule has 3 aromatic rings. The highest BCUT2D eigenvalue weighted by Crippen LogP contribution is 2.18. The lowest BCUT2D eigenvalue weighted by atomic mass is 10.1. The summed E-state index contributed by atoms with van der Waals surface area (Å²) in [6.07, 6.45) is 7.60. The molecule has 27 heavy (non-hydrogen) atoms. The summed E-state index contributed by atoms with van der Waals surface area (Å²) in [6.45, 7) is 3.23. The van der Waals surface area contributed by atoms with E-state index in [1.54, 1.807) is 23.5 Å². The Bertz CT molecular complexity index is 945. The molecule has 0 aliphatic carbocycles. The van der Waals surface area contributed by atoms with Gasteiger partial charge in [-0.15, -0.1) is 0 Å². The van der Waals surface area contributed by atoms with Gasteiger partial charge in [0.15, 0.2) is 0 Å². The second-order valence-electron chi connectivity index (χ2n) is 6.60. The minimum atomic E-state index is -0.122. The van der Waals surface area contributed by atoms with Gasteiger partial charge in [-0.3, -0.25) is 9.78 Å². The highest BCUT2D eigenvalue weighted by atomic mass is 16.5. The molecule has 0 saturated carbocycles. The van der Waals surface area contributed by atoms with Gasteiger partial charge in [-0.05, 0) is 37.0 Å². The number of amides is 1. The van der Waals surface area contributed by atoms with E-state index in [-0.39, 0.29) is 12.0 Å². The number of fused-ring (bicyclic) bond motifs is 1. The van der Waals surface area contributed by atoms with E-state index in [0.29, 0.717) is 24.8 Å². The number of likely N-dealkylation sites (tertiary alicyclic amines) is 1. The summed E-state index contributed by atoms with van der Waals surface area (Å²) in [5.41, 5.74) is 2.93. The first-order valence-corrected chi connectivity index (χ1v) is 9.21. The number of aryl methyl sites for hydroxylation is 1. The predicted molar refractivity (Wildman–Crippen MR) is 101 cm³/mol. The van der Waals surface area contributed by atoms with E-state index in [4.69, 9.17) is 4.74 Å². The molecule has 1 aliphatic rings. The second kappa shape index (κ2) is 7.65. The molecule has 2 aromatic heterocycles. The highest BCUT2D eigenvalue weighted by Gasteiger charge is 2.27. The molecule has 0 spiro atoms. The molecule has 1 fully saturated rings. The molecule has 0 radical (unpaired) electrons. The maximum absolute atomic E-state index is 12.9. The van der Waals surface area contributed by atoms with Crippen LogP contribution in [0.1, 0.15) is 35.8 Å². The number of hydrogen-bond donors (Lipinski definition) is 0. The van der Waals surface area contributed by atoms with Gasteiger partial charge in [0.2, 0.25) is 0 Å². The van der Waals surface area contributed by atoms with Crippen molar-refractivity contribution in [2.24, 2.45) is 0 Å². The molecule has 7 nitrogen and oxygen atoms in total. The number of rotatable bonds is 4. The second-order valence-corrected chi connectivity index (χ2v) is 6.60. The first-order valence-electron chi connectivity index (χ1n) is 9.21. The molecule has 1 aromatic carbocycles. The normalized spacial score (nSPS) is 17.1. The van der Waals surface area contributed by atoms with Gasteiger partial charge in [0.05, 0.1) is 23.8 Å². The van der Waals surface area contributed by atoms with Gasteiger partial charge in [0.1, 0.15) is 11.8 Å². The van der Waals surface area contributed by atoms with Crippen molar-refractivity contribution in [3.63, 3.8) is 0 Å². The summed E-state index contributed by atoms with van der Waals surface area (Å²) in [5.74, 6) is -0.121. The summed E-state index contributed by atoms with van der Waals surface area (Å²) in [7, 11) is 0. The van der Waals surface area contributed by atoms with Crippen molar-refractivity contribution >= 4 is 16.9 Å². The Labute approximate surface area is 157 Å². The molecule has 4 rings (SSSR count). The smallest absolute Gasteiger partial charge is 0.316 e. The summed E-state index contributed by atoms with van der Waals surface area (Å²) < 4.78 is 5.89. The molecule has 0 N–H and O–H groups in total. The average molecular weight is 363 g/mol. The fourth-order valence-electron chi connectivity index (χ4n) is 3.18. The van der Waals surface area contributed by atoms with Crippen LogP contribution in [0.2, 0.25) is 0 Å². The van der Waals surface area contributed by atoms with Crippen molar-refractivity contribution in [3.8, 4) is 6.01 Å². The maximum atomic E-state index is 12.9. The molecule has 1 aliphatic heterocycles. The van der Waals surface area contributed by atoms with Crippen LogP contribution in [0.5, 0.6) is 6.01 Å². The lowest BCUT2D eigenvalue weighted by Crippen LogP contribution is -2.44. The topological polar surface area (TPSA) is 81.1 Å². The van der Waals surface area contributed by atoms with Crippen LogP contribution in [0.4, 0.5) is 0 Å². The third-order valence-corrected chi connectivity index (χ3v) is 4.69. The van der Waals surface area contributed by atoms with Crippen molar-refractivity contribution in [3.05, 3.63) is 54.1 Å². The molecule has 1 amide bonds. The van der Waals surface area contributed by atoms with Crippen LogP contribution >= 0.6 is 0 Å². The standard InChI is InChI=1S/C20H21N5O2/c1-2-14-10-22-20(23-11-14)27-15-6-5-9-25(13-15)19(26)18-12-21-16-7-3-4-8-17(16)24-18/h3-4,7-8,10-12,15H,2,5-6,9,13H2,1H3. The minimum absolute atomic E-state index is 0.121. The number of piperidine rings is 1. The molecule has 138 valence electrons. The van der Waals surface area contributed by atoms with E-state index >= 15 is 0 Å². The third kappa shape index (κ3) is 3.86. The van der Waals surface area contributed by atoms with Crippen LogP contribution in [0.15, 0.2) is 42.9 Å². The Morgan fingerprint density at radius 3 is 2.70 bits per heavy atom. The van der Waals surface area contributed by atoms with E-state index in [2.05, 4.69) is 26.9 Å². The van der Waals surface area contributed by atoms with Crippen LogP contribution in [-0.4, -0.2) is 49.9 Å². The van der Waals surface area contributed by atoms with E-state index in [1.807, 2.05) is 24.3 Å². The van der Waals surface area contributed by atoms with Gasteiger partial charge in [-0.1, -0.05) is 19.1 Å². The number of carbonyl (C=O) groups is 1. The average Bonchev–Trinajstić information content (AvgIpc) is 2.73.